The fourth-order valence-electron chi connectivity index (χ4n) is 2.86. The van der Waals surface area contributed by atoms with Crippen molar-refractivity contribution < 1.29 is 4.79 Å². The van der Waals surface area contributed by atoms with E-state index < -0.39 is 5.56 Å². The third-order valence-electron chi connectivity index (χ3n) is 4.00. The minimum Gasteiger partial charge on any atom is -0.350 e. The van der Waals surface area contributed by atoms with E-state index in [2.05, 4.69) is 10.4 Å². The zero-order chi connectivity index (χ0) is 18.7. The van der Waals surface area contributed by atoms with E-state index in [9.17, 15) is 9.59 Å². The van der Waals surface area contributed by atoms with Crippen LogP contribution in [-0.2, 0) is 7.05 Å². The van der Waals surface area contributed by atoms with E-state index in [1.807, 2.05) is 74.5 Å². The molecule has 5 heteroatoms. The highest BCUT2D eigenvalue weighted by atomic mass is 16.2. The van der Waals surface area contributed by atoms with Crippen LogP contribution < -0.4 is 10.9 Å². The van der Waals surface area contributed by atoms with Gasteiger partial charge in [0.25, 0.3) is 11.5 Å². The molecule has 0 fully saturated rings. The monoisotopic (exact) mass is 347 g/mol. The van der Waals surface area contributed by atoms with E-state index in [4.69, 9.17) is 0 Å². The van der Waals surface area contributed by atoms with Crippen molar-refractivity contribution in [2.45, 2.75) is 19.9 Å². The number of rotatable bonds is 4. The molecule has 3 rings (SSSR count). The summed E-state index contributed by atoms with van der Waals surface area (Å²) in [6, 6.07) is 18.9. The molecule has 1 amide bonds. The Bertz CT molecular complexity index is 977. The lowest BCUT2D eigenvalue weighted by Gasteiger charge is -2.16. The Morgan fingerprint density at radius 1 is 0.962 bits per heavy atom. The van der Waals surface area contributed by atoms with Crippen LogP contribution in [0.4, 0.5) is 0 Å². The topological polar surface area (TPSA) is 64.0 Å². The first kappa shape index (κ1) is 17.6. The van der Waals surface area contributed by atoms with Gasteiger partial charge in [0.05, 0.1) is 5.69 Å². The smallest absolute Gasteiger partial charge is 0.280 e. The van der Waals surface area contributed by atoms with Crippen LogP contribution in [0.2, 0.25) is 0 Å². The molecule has 0 saturated heterocycles. The third-order valence-corrected chi connectivity index (χ3v) is 4.00. The highest BCUT2D eigenvalue weighted by Crippen LogP contribution is 2.31. The number of carbonyl (C=O) groups is 1. The molecule has 1 aromatic heterocycles. The predicted octanol–water partition coefficient (Wildman–Crippen LogP) is 3.25. The maximum Gasteiger partial charge on any atom is 0.280 e. The number of nitrogens with one attached hydrogen (secondary N) is 1. The van der Waals surface area contributed by atoms with Gasteiger partial charge < -0.3 is 5.32 Å². The summed E-state index contributed by atoms with van der Waals surface area (Å²) in [4.78, 5) is 25.7. The molecule has 0 bridgehead atoms. The molecule has 1 heterocycles. The van der Waals surface area contributed by atoms with Crippen LogP contribution in [0.5, 0.6) is 0 Å². The Morgan fingerprint density at radius 2 is 1.50 bits per heavy atom. The number of benzene rings is 2. The van der Waals surface area contributed by atoms with Crippen molar-refractivity contribution >= 4 is 5.91 Å². The maximum atomic E-state index is 12.9. The van der Waals surface area contributed by atoms with Gasteiger partial charge in [-0.05, 0) is 19.4 Å². The number of hydrogen-bond donors (Lipinski definition) is 1. The molecule has 0 aliphatic rings. The van der Waals surface area contributed by atoms with Crippen molar-refractivity contribution in [1.82, 2.24) is 15.1 Å². The van der Waals surface area contributed by atoms with E-state index in [1.165, 1.54) is 4.68 Å². The van der Waals surface area contributed by atoms with Gasteiger partial charge in [0.15, 0.2) is 0 Å². The molecule has 0 aliphatic heterocycles. The largest absolute Gasteiger partial charge is 0.350 e. The summed E-state index contributed by atoms with van der Waals surface area (Å²) in [5.74, 6) is -0.390. The van der Waals surface area contributed by atoms with Gasteiger partial charge in [-0.1, -0.05) is 60.7 Å². The van der Waals surface area contributed by atoms with Crippen molar-refractivity contribution in [1.29, 1.82) is 0 Å². The fourth-order valence-corrected chi connectivity index (χ4v) is 2.86. The van der Waals surface area contributed by atoms with Gasteiger partial charge >= 0.3 is 0 Å². The number of carbonyl (C=O) groups excluding carboxylic acids is 1. The quantitative estimate of drug-likeness (QED) is 0.788. The fraction of sp³-hybridized carbons (Fsp3) is 0.190. The number of aromatic nitrogens is 2. The first-order valence-electron chi connectivity index (χ1n) is 8.52. The molecule has 2 aromatic carbocycles. The van der Waals surface area contributed by atoms with Crippen molar-refractivity contribution in [2.24, 2.45) is 7.05 Å². The molecule has 0 spiro atoms. The van der Waals surface area contributed by atoms with E-state index in [0.717, 1.165) is 11.1 Å². The molecular weight excluding hydrogens is 326 g/mol. The Hall–Kier alpha value is -3.21. The van der Waals surface area contributed by atoms with Crippen LogP contribution in [0.3, 0.4) is 0 Å². The highest BCUT2D eigenvalue weighted by molar-refractivity contribution is 6.03. The Morgan fingerprint density at radius 3 is 2.04 bits per heavy atom. The summed E-state index contributed by atoms with van der Waals surface area (Å²) in [7, 11) is 1.57. The van der Waals surface area contributed by atoms with E-state index in [1.54, 1.807) is 7.05 Å². The second kappa shape index (κ2) is 7.35. The van der Waals surface area contributed by atoms with Crippen LogP contribution in [0, 0.1) is 0 Å². The van der Waals surface area contributed by atoms with Crippen LogP contribution in [0.25, 0.3) is 22.4 Å². The van der Waals surface area contributed by atoms with Crippen LogP contribution in [0.1, 0.15) is 24.2 Å². The summed E-state index contributed by atoms with van der Waals surface area (Å²) in [6.07, 6.45) is 0. The molecule has 0 aliphatic carbocycles. The van der Waals surface area contributed by atoms with Gasteiger partial charge in [-0.3, -0.25) is 9.59 Å². The van der Waals surface area contributed by atoms with Gasteiger partial charge in [-0.2, -0.15) is 5.10 Å². The second-order valence-corrected chi connectivity index (χ2v) is 6.39. The highest BCUT2D eigenvalue weighted by Gasteiger charge is 2.24. The van der Waals surface area contributed by atoms with Gasteiger partial charge in [0.2, 0.25) is 0 Å². The van der Waals surface area contributed by atoms with Crippen molar-refractivity contribution in [3.8, 4) is 22.4 Å². The van der Waals surface area contributed by atoms with Gasteiger partial charge in [0, 0.05) is 24.2 Å². The zero-order valence-corrected chi connectivity index (χ0v) is 15.1. The van der Waals surface area contributed by atoms with Crippen LogP contribution in [0.15, 0.2) is 65.5 Å². The predicted molar refractivity (Wildman–Crippen MR) is 103 cm³/mol. The zero-order valence-electron chi connectivity index (χ0n) is 15.1. The summed E-state index contributed by atoms with van der Waals surface area (Å²) in [5, 5.41) is 7.30. The third kappa shape index (κ3) is 3.42. The molecule has 0 saturated carbocycles. The minimum absolute atomic E-state index is 0.0795. The second-order valence-electron chi connectivity index (χ2n) is 6.39. The van der Waals surface area contributed by atoms with Crippen LogP contribution >= 0.6 is 0 Å². The summed E-state index contributed by atoms with van der Waals surface area (Å²) >= 11 is 0. The molecule has 1 N–H and O–H groups in total. The van der Waals surface area contributed by atoms with Crippen molar-refractivity contribution in [2.75, 3.05) is 0 Å². The standard InChI is InChI=1S/C21H21N3O2/c1-14(2)22-20(25)18-17(15-10-6-4-7-11-15)19(23-24(3)21(18)26)16-12-8-5-9-13-16/h4-14H,1-3H3,(H,22,25). The van der Waals surface area contributed by atoms with Gasteiger partial charge in [-0.25, -0.2) is 4.68 Å². The van der Waals surface area contributed by atoms with Crippen LogP contribution in [-0.4, -0.2) is 21.7 Å². The summed E-state index contributed by atoms with van der Waals surface area (Å²) in [5.41, 5.74) is 2.49. The van der Waals surface area contributed by atoms with Gasteiger partial charge in [0.1, 0.15) is 5.56 Å². The number of aryl methyl sites for hydroxylation is 1. The lowest BCUT2D eigenvalue weighted by atomic mass is 9.95. The Labute approximate surface area is 152 Å². The number of nitrogens with zero attached hydrogens (tertiary/aromatic N) is 2. The molecule has 26 heavy (non-hydrogen) atoms. The summed E-state index contributed by atoms with van der Waals surface area (Å²) < 4.78 is 1.23. The Kier molecular flexibility index (Phi) is 4.98. The molecular formula is C21H21N3O2. The van der Waals surface area contributed by atoms with E-state index in [0.29, 0.717) is 11.3 Å². The minimum atomic E-state index is -0.415. The average molecular weight is 347 g/mol. The maximum absolute atomic E-state index is 12.9. The summed E-state index contributed by atoms with van der Waals surface area (Å²) in [6.45, 7) is 3.73. The van der Waals surface area contributed by atoms with Crippen molar-refractivity contribution in [3.05, 3.63) is 76.6 Å². The molecule has 3 aromatic rings. The van der Waals surface area contributed by atoms with Gasteiger partial charge in [-0.15, -0.1) is 0 Å². The first-order valence-corrected chi connectivity index (χ1v) is 8.52. The normalized spacial score (nSPS) is 10.8. The SMILES string of the molecule is CC(C)NC(=O)c1c(-c2ccccc2)c(-c2ccccc2)nn(C)c1=O. The lowest BCUT2D eigenvalue weighted by molar-refractivity contribution is 0.0941. The number of hydrogen-bond acceptors (Lipinski definition) is 3. The van der Waals surface area contributed by atoms with Crippen molar-refractivity contribution in [3.63, 3.8) is 0 Å². The molecule has 0 unspecified atom stereocenters. The number of amides is 1. The first-order chi connectivity index (χ1) is 12.5. The average Bonchev–Trinajstić information content (AvgIpc) is 2.64. The molecule has 5 nitrogen and oxygen atoms in total. The molecule has 0 atom stereocenters. The Balaban J connectivity index is 2.37. The molecule has 132 valence electrons. The molecule has 0 radical (unpaired) electrons. The lowest BCUT2D eigenvalue weighted by Crippen LogP contribution is -2.37. The van der Waals surface area contributed by atoms with E-state index in [-0.39, 0.29) is 17.5 Å². The van der Waals surface area contributed by atoms with E-state index >= 15 is 0 Å².